The van der Waals surface area contributed by atoms with Gasteiger partial charge < -0.3 is 20.3 Å². The quantitative estimate of drug-likeness (QED) is 0.397. The second-order valence-corrected chi connectivity index (χ2v) is 9.99. The van der Waals surface area contributed by atoms with E-state index in [-0.39, 0.29) is 46.7 Å². The lowest BCUT2D eigenvalue weighted by atomic mass is 10.0. The molecular weight excluding hydrogens is 517 g/mol. The molecule has 0 atom stereocenters. The average Bonchev–Trinajstić information content (AvgIpc) is 2.89. The summed E-state index contributed by atoms with van der Waals surface area (Å²) in [6.45, 7) is 4.21. The van der Waals surface area contributed by atoms with E-state index in [9.17, 15) is 23.6 Å². The molecule has 0 bridgehead atoms. The highest BCUT2D eigenvalue weighted by Crippen LogP contribution is 2.36. The van der Waals surface area contributed by atoms with Crippen LogP contribution in [-0.4, -0.2) is 61.0 Å². The Bertz CT molecular complexity index is 1530. The monoisotopic (exact) mass is 549 g/mol. The van der Waals surface area contributed by atoms with Crippen molar-refractivity contribution in [3.8, 4) is 0 Å². The molecule has 1 saturated heterocycles. The third-order valence-corrected chi connectivity index (χ3v) is 6.69. The maximum absolute atomic E-state index is 14.8. The number of hydrogen-bond acceptors (Lipinski definition) is 6. The third-order valence-electron chi connectivity index (χ3n) is 6.69. The molecule has 1 aromatic heterocycles. The summed E-state index contributed by atoms with van der Waals surface area (Å²) in [5.41, 5.74) is 1.46. The minimum absolute atomic E-state index is 0.00445. The number of rotatable bonds is 9. The molecule has 0 aliphatic carbocycles. The fourth-order valence-electron chi connectivity index (χ4n) is 4.49. The van der Waals surface area contributed by atoms with Gasteiger partial charge in [-0.2, -0.15) is 0 Å². The van der Waals surface area contributed by atoms with Crippen LogP contribution in [0.2, 0.25) is 0 Å². The van der Waals surface area contributed by atoms with Crippen molar-refractivity contribution in [1.29, 1.82) is 0 Å². The van der Waals surface area contributed by atoms with Gasteiger partial charge in [0.1, 0.15) is 17.2 Å². The van der Waals surface area contributed by atoms with E-state index >= 15 is 0 Å². The van der Waals surface area contributed by atoms with E-state index in [0.717, 1.165) is 0 Å². The number of aryl methyl sites for hydroxylation is 1. The molecule has 3 aromatic rings. The number of nitrogens with zero attached hydrogens (tertiary/aromatic N) is 3. The van der Waals surface area contributed by atoms with E-state index in [0.29, 0.717) is 36.4 Å². The predicted octanol–water partition coefficient (Wildman–Crippen LogP) is 2.94. The Morgan fingerprint density at radius 3 is 2.48 bits per heavy atom. The number of carbonyl (C=O) groups excluding carboxylic acids is 3. The largest absolute Gasteiger partial charge is 0.377 e. The Morgan fingerprint density at radius 2 is 1.88 bits per heavy atom. The molecule has 4 rings (SSSR count). The summed E-state index contributed by atoms with van der Waals surface area (Å²) in [7, 11) is 4.55. The maximum Gasteiger partial charge on any atom is 0.259 e. The van der Waals surface area contributed by atoms with Crippen LogP contribution in [0.3, 0.4) is 0 Å². The van der Waals surface area contributed by atoms with E-state index in [1.165, 1.54) is 40.5 Å². The summed E-state index contributed by atoms with van der Waals surface area (Å²) in [4.78, 5) is 54.6. The molecule has 210 valence electrons. The first-order valence-electron chi connectivity index (χ1n) is 12.7. The molecule has 0 unspecified atom stereocenters. The van der Waals surface area contributed by atoms with E-state index in [1.807, 2.05) is 0 Å². The van der Waals surface area contributed by atoms with Crippen molar-refractivity contribution in [1.82, 2.24) is 14.8 Å². The lowest BCUT2D eigenvalue weighted by molar-refractivity contribution is -0.124. The number of carbonyl (C=O) groups is 3. The van der Waals surface area contributed by atoms with Gasteiger partial charge in [0.05, 0.1) is 37.1 Å². The van der Waals surface area contributed by atoms with Crippen LogP contribution in [0.15, 0.2) is 47.3 Å². The fraction of sp³-hybridized carbons (Fsp3) is 0.310. The Balaban J connectivity index is 1.84. The Hall–Kier alpha value is -4.51. The van der Waals surface area contributed by atoms with Crippen LogP contribution >= 0.6 is 0 Å². The van der Waals surface area contributed by atoms with Crippen molar-refractivity contribution in [2.24, 2.45) is 7.05 Å². The normalized spacial score (nSPS) is 12.8. The molecular formula is C29H32FN5O5. The van der Waals surface area contributed by atoms with Gasteiger partial charge in [-0.25, -0.2) is 4.39 Å². The Morgan fingerprint density at radius 1 is 1.15 bits per heavy atom. The molecule has 0 saturated carbocycles. The van der Waals surface area contributed by atoms with Crippen LogP contribution in [0.1, 0.15) is 27.0 Å². The molecule has 2 N–H and O–H groups in total. The molecule has 0 spiro atoms. The average molecular weight is 550 g/mol. The first-order chi connectivity index (χ1) is 19.0. The number of pyridine rings is 1. The number of nitrogens with one attached hydrogen (secondary N) is 2. The third kappa shape index (κ3) is 5.74. The van der Waals surface area contributed by atoms with Gasteiger partial charge in [-0.3, -0.25) is 28.6 Å². The molecule has 0 radical (unpaired) electrons. The number of aromatic nitrogens is 1. The smallest absolute Gasteiger partial charge is 0.259 e. The lowest BCUT2D eigenvalue weighted by Crippen LogP contribution is -2.49. The van der Waals surface area contributed by atoms with Crippen LogP contribution in [0.25, 0.3) is 0 Å². The number of halogens is 1. The maximum atomic E-state index is 14.8. The van der Waals surface area contributed by atoms with E-state index in [2.05, 4.69) is 10.6 Å². The van der Waals surface area contributed by atoms with Gasteiger partial charge >= 0.3 is 0 Å². The fourth-order valence-corrected chi connectivity index (χ4v) is 4.49. The van der Waals surface area contributed by atoms with Crippen LogP contribution < -0.4 is 21.1 Å². The standard InChI is InChI=1S/C29H32FN5O5/c1-17-9-10-23(22(30)11-17)32-27-25(29(39)33(3)4)26(18(2)28(38)34(27)5)35(16-36)21-8-6-7-19(12-21)13-24(37)31-20-14-40-15-20/h6-12,16,20,32H,13-15H2,1-5H3,(H,31,37). The summed E-state index contributed by atoms with van der Waals surface area (Å²) in [5.74, 6) is -1.24. The predicted molar refractivity (Wildman–Crippen MR) is 150 cm³/mol. The van der Waals surface area contributed by atoms with E-state index in [1.54, 1.807) is 51.4 Å². The van der Waals surface area contributed by atoms with Crippen LogP contribution in [0.5, 0.6) is 0 Å². The van der Waals surface area contributed by atoms with Crippen molar-refractivity contribution < 1.29 is 23.5 Å². The van der Waals surface area contributed by atoms with Crippen molar-refractivity contribution in [2.75, 3.05) is 37.5 Å². The summed E-state index contributed by atoms with van der Waals surface area (Å²) >= 11 is 0. The van der Waals surface area contributed by atoms with Gasteiger partial charge in [-0.15, -0.1) is 0 Å². The molecule has 1 aliphatic rings. The SMILES string of the molecule is Cc1ccc(Nc2c(C(=O)N(C)C)c(N(C=O)c3cccc(CC(=O)NC4COC4)c3)c(C)c(=O)n2C)c(F)c1. The number of amides is 3. The van der Waals surface area contributed by atoms with Gasteiger partial charge in [0, 0.05) is 32.4 Å². The minimum atomic E-state index is -0.565. The Labute approximate surface area is 231 Å². The van der Waals surface area contributed by atoms with Gasteiger partial charge in [0.2, 0.25) is 12.3 Å². The molecule has 11 heteroatoms. The summed E-state index contributed by atoms with van der Waals surface area (Å²) in [6, 6.07) is 11.3. The zero-order valence-corrected chi connectivity index (χ0v) is 23.1. The van der Waals surface area contributed by atoms with Crippen LogP contribution in [-0.2, 0) is 27.8 Å². The molecule has 3 amide bonds. The molecule has 10 nitrogen and oxygen atoms in total. The van der Waals surface area contributed by atoms with Gasteiger partial charge in [0.25, 0.3) is 11.5 Å². The Kier molecular flexibility index (Phi) is 8.34. The van der Waals surface area contributed by atoms with Gasteiger partial charge in [-0.05, 0) is 49.2 Å². The number of benzene rings is 2. The second kappa shape index (κ2) is 11.7. The molecule has 40 heavy (non-hydrogen) atoms. The molecule has 2 heterocycles. The number of anilines is 4. The van der Waals surface area contributed by atoms with Crippen LogP contribution in [0.4, 0.5) is 27.3 Å². The molecule has 1 fully saturated rings. The van der Waals surface area contributed by atoms with Crippen molar-refractivity contribution >= 4 is 41.1 Å². The summed E-state index contributed by atoms with van der Waals surface area (Å²) in [5, 5.41) is 5.79. The van der Waals surface area contributed by atoms with Gasteiger partial charge in [0.15, 0.2) is 0 Å². The van der Waals surface area contributed by atoms with Gasteiger partial charge in [-0.1, -0.05) is 18.2 Å². The van der Waals surface area contributed by atoms with E-state index in [4.69, 9.17) is 4.74 Å². The highest BCUT2D eigenvalue weighted by Gasteiger charge is 2.29. The van der Waals surface area contributed by atoms with Crippen molar-refractivity contribution in [3.63, 3.8) is 0 Å². The van der Waals surface area contributed by atoms with Crippen molar-refractivity contribution in [2.45, 2.75) is 26.3 Å². The summed E-state index contributed by atoms with van der Waals surface area (Å²) < 4.78 is 21.1. The minimum Gasteiger partial charge on any atom is -0.377 e. The van der Waals surface area contributed by atoms with Crippen LogP contribution in [0, 0.1) is 19.7 Å². The highest BCUT2D eigenvalue weighted by molar-refractivity contribution is 6.08. The zero-order valence-electron chi connectivity index (χ0n) is 23.1. The summed E-state index contributed by atoms with van der Waals surface area (Å²) in [6.07, 6.45) is 0.574. The molecule has 2 aromatic carbocycles. The van der Waals surface area contributed by atoms with Crippen molar-refractivity contribution in [3.05, 3.63) is 80.9 Å². The topological polar surface area (TPSA) is 113 Å². The zero-order chi connectivity index (χ0) is 29.1. The van der Waals surface area contributed by atoms with E-state index < -0.39 is 17.3 Å². The molecule has 1 aliphatic heterocycles. The highest BCUT2D eigenvalue weighted by atomic mass is 19.1. The first kappa shape index (κ1) is 28.5. The number of hydrogen-bond donors (Lipinski definition) is 2. The lowest BCUT2D eigenvalue weighted by Gasteiger charge is -2.28. The first-order valence-corrected chi connectivity index (χ1v) is 12.7. The number of ether oxygens (including phenoxy) is 1. The second-order valence-electron chi connectivity index (χ2n) is 9.99.